The topological polar surface area (TPSA) is 72.5 Å². The normalized spacial score (nSPS) is 43.3. The first-order valence-electron chi connectivity index (χ1n) is 14.7. The van der Waals surface area contributed by atoms with Crippen LogP contribution in [-0.2, 0) is 20.8 Å². The van der Waals surface area contributed by atoms with Crippen LogP contribution in [0.15, 0.2) is 60.2 Å². The zero-order valence-corrected chi connectivity index (χ0v) is 23.8. The molecule has 1 saturated heterocycles. The quantitative estimate of drug-likeness (QED) is 0.232. The lowest BCUT2D eigenvalue weighted by Gasteiger charge is -2.47. The predicted molar refractivity (Wildman–Crippen MR) is 151 cm³/mol. The van der Waals surface area contributed by atoms with Gasteiger partial charge >= 0.3 is 0 Å². The Balaban J connectivity index is 1.60. The number of fused-ring (bicyclic) bond motifs is 4. The standard InChI is InChI=1S/C34H41NO4/c1-7-17(2)15-34(6)16-20(5)25-23-13-18(3)12-19(4)26(23)31-28(25)29(34)30(36)27-24(32(37)35-33(27)38)14-21-8-10-22(39-31)11-9-21/h7-11,15-16,18-19,23-29,31H,1,12-14H2,2-6H3,(H,35,37,38)/b17-15+/t18-,19+,23+,24+,25+,26-,27-,28+,29+,31-,34-/m1/s1. The molecular formula is C34H41NO4. The Morgan fingerprint density at radius 2 is 1.79 bits per heavy atom. The van der Waals surface area contributed by atoms with E-state index >= 15 is 0 Å². The summed E-state index contributed by atoms with van der Waals surface area (Å²) < 4.78 is 6.97. The summed E-state index contributed by atoms with van der Waals surface area (Å²) in [5.74, 6) is -0.343. The molecule has 1 aromatic carbocycles. The van der Waals surface area contributed by atoms with Gasteiger partial charge < -0.3 is 4.74 Å². The molecule has 0 aromatic heterocycles. The van der Waals surface area contributed by atoms with Crippen molar-refractivity contribution in [2.24, 2.45) is 58.7 Å². The molecule has 2 amide bonds. The van der Waals surface area contributed by atoms with Gasteiger partial charge in [-0.1, -0.05) is 68.9 Å². The van der Waals surface area contributed by atoms with Gasteiger partial charge in [-0.25, -0.2) is 0 Å². The van der Waals surface area contributed by atoms with Crippen molar-refractivity contribution in [3.63, 3.8) is 0 Å². The predicted octanol–water partition coefficient (Wildman–Crippen LogP) is 5.71. The smallest absolute Gasteiger partial charge is 0.237 e. The van der Waals surface area contributed by atoms with Crippen molar-refractivity contribution in [3.05, 3.63) is 65.8 Å². The van der Waals surface area contributed by atoms with E-state index in [1.165, 1.54) is 5.57 Å². The number of amides is 2. The van der Waals surface area contributed by atoms with Crippen molar-refractivity contribution < 1.29 is 19.1 Å². The number of carbonyl (C=O) groups is 3. The zero-order chi connectivity index (χ0) is 27.8. The largest absolute Gasteiger partial charge is 0.490 e. The highest BCUT2D eigenvalue weighted by Gasteiger charge is 2.64. The average molecular weight is 528 g/mol. The van der Waals surface area contributed by atoms with Gasteiger partial charge in [0.05, 0.1) is 5.92 Å². The number of hydrogen-bond acceptors (Lipinski definition) is 4. The number of Topliss-reactive ketones (excluding diaryl/α,β-unsaturated/α-hetero) is 1. The summed E-state index contributed by atoms with van der Waals surface area (Å²) in [7, 11) is 0. The fourth-order valence-corrected chi connectivity index (χ4v) is 9.57. The molecule has 3 aliphatic heterocycles. The number of rotatable bonds is 2. The molecular weight excluding hydrogens is 486 g/mol. The Morgan fingerprint density at radius 3 is 2.49 bits per heavy atom. The maximum Gasteiger partial charge on any atom is 0.237 e. The molecule has 5 nitrogen and oxygen atoms in total. The van der Waals surface area contributed by atoms with E-state index in [-0.39, 0.29) is 29.6 Å². The third-order valence-electron chi connectivity index (χ3n) is 10.7. The number of benzene rings is 1. The highest BCUT2D eigenvalue weighted by molar-refractivity contribution is 6.16. The van der Waals surface area contributed by atoms with E-state index < -0.39 is 29.1 Å². The van der Waals surface area contributed by atoms with Gasteiger partial charge in [-0.15, -0.1) is 0 Å². The fraction of sp³-hybridized carbons (Fsp3) is 0.559. The maximum absolute atomic E-state index is 14.9. The molecule has 1 N–H and O–H groups in total. The van der Waals surface area contributed by atoms with Crippen LogP contribution in [0.2, 0.25) is 0 Å². The van der Waals surface area contributed by atoms with E-state index in [4.69, 9.17) is 4.74 Å². The van der Waals surface area contributed by atoms with Gasteiger partial charge in [-0.05, 0) is 74.5 Å². The van der Waals surface area contributed by atoms with Gasteiger partial charge in [-0.3, -0.25) is 19.7 Å². The molecule has 11 atom stereocenters. The first-order chi connectivity index (χ1) is 18.5. The highest BCUT2D eigenvalue weighted by atomic mass is 16.5. The van der Waals surface area contributed by atoms with Gasteiger partial charge in [0.2, 0.25) is 11.8 Å². The molecule has 2 bridgehead atoms. The first-order valence-corrected chi connectivity index (χ1v) is 14.7. The number of imide groups is 1. The molecule has 0 unspecified atom stereocenters. The summed E-state index contributed by atoms with van der Waals surface area (Å²) in [6.45, 7) is 15.0. The molecule has 5 heteroatoms. The lowest BCUT2D eigenvalue weighted by atomic mass is 9.56. The molecule has 39 heavy (non-hydrogen) atoms. The molecule has 2 saturated carbocycles. The summed E-state index contributed by atoms with van der Waals surface area (Å²) in [6, 6.07) is 7.97. The van der Waals surface area contributed by atoms with Crippen LogP contribution in [-0.4, -0.2) is 23.7 Å². The van der Waals surface area contributed by atoms with E-state index in [1.807, 2.05) is 37.3 Å². The van der Waals surface area contributed by atoms with Crippen LogP contribution in [0.5, 0.6) is 5.75 Å². The molecule has 3 aliphatic carbocycles. The van der Waals surface area contributed by atoms with E-state index in [2.05, 4.69) is 51.7 Å². The van der Waals surface area contributed by atoms with E-state index in [9.17, 15) is 14.4 Å². The average Bonchev–Trinajstić information content (AvgIpc) is 3.32. The summed E-state index contributed by atoms with van der Waals surface area (Å²) in [4.78, 5) is 41.3. The van der Waals surface area contributed by atoms with Crippen LogP contribution >= 0.6 is 0 Å². The van der Waals surface area contributed by atoms with Gasteiger partial charge in [0.15, 0.2) is 5.78 Å². The van der Waals surface area contributed by atoms with Gasteiger partial charge in [0, 0.05) is 23.2 Å². The van der Waals surface area contributed by atoms with Crippen molar-refractivity contribution in [2.45, 2.75) is 60.0 Å². The third-order valence-corrected chi connectivity index (χ3v) is 10.7. The third kappa shape index (κ3) is 4.06. The summed E-state index contributed by atoms with van der Waals surface area (Å²) >= 11 is 0. The minimum Gasteiger partial charge on any atom is -0.490 e. The molecule has 3 fully saturated rings. The number of allylic oxidation sites excluding steroid dienone is 5. The van der Waals surface area contributed by atoms with E-state index in [0.717, 1.165) is 29.7 Å². The van der Waals surface area contributed by atoms with Crippen molar-refractivity contribution in [2.75, 3.05) is 0 Å². The highest BCUT2D eigenvalue weighted by Crippen LogP contribution is 2.63. The van der Waals surface area contributed by atoms with E-state index in [0.29, 0.717) is 30.1 Å². The maximum atomic E-state index is 14.9. The van der Waals surface area contributed by atoms with Crippen LogP contribution in [0.3, 0.4) is 0 Å². The second-order valence-electron chi connectivity index (χ2n) is 13.5. The number of ketones is 1. The number of carbonyl (C=O) groups excluding carboxylic acids is 3. The molecule has 7 rings (SSSR count). The van der Waals surface area contributed by atoms with Crippen LogP contribution in [0.1, 0.15) is 53.0 Å². The molecule has 0 radical (unpaired) electrons. The molecule has 1 aromatic rings. The minimum absolute atomic E-state index is 0.0904. The lowest BCUT2D eigenvalue weighted by Crippen LogP contribution is -2.51. The van der Waals surface area contributed by atoms with Crippen molar-refractivity contribution in [1.29, 1.82) is 0 Å². The van der Waals surface area contributed by atoms with Crippen LogP contribution in [0.25, 0.3) is 0 Å². The van der Waals surface area contributed by atoms with Gasteiger partial charge in [0.1, 0.15) is 17.8 Å². The first kappa shape index (κ1) is 26.3. The Bertz CT molecular complexity index is 1290. The summed E-state index contributed by atoms with van der Waals surface area (Å²) in [5.41, 5.74) is 2.60. The van der Waals surface area contributed by atoms with Crippen molar-refractivity contribution >= 4 is 17.6 Å². The fourth-order valence-electron chi connectivity index (χ4n) is 9.57. The van der Waals surface area contributed by atoms with Crippen LogP contribution in [0.4, 0.5) is 0 Å². The Labute approximate surface area is 232 Å². The molecule has 206 valence electrons. The van der Waals surface area contributed by atoms with Gasteiger partial charge in [0.25, 0.3) is 0 Å². The van der Waals surface area contributed by atoms with Crippen LogP contribution < -0.4 is 10.1 Å². The van der Waals surface area contributed by atoms with Gasteiger partial charge in [-0.2, -0.15) is 0 Å². The second-order valence-corrected chi connectivity index (χ2v) is 13.5. The minimum atomic E-state index is -0.995. The molecule has 6 aliphatic rings. The number of hydrogen-bond donors (Lipinski definition) is 1. The Kier molecular flexibility index (Phi) is 6.28. The number of ether oxygens (including phenoxy) is 1. The molecule has 0 spiro atoms. The molecule has 3 heterocycles. The van der Waals surface area contributed by atoms with Crippen molar-refractivity contribution in [1.82, 2.24) is 5.32 Å². The Hall–Kier alpha value is -2.95. The lowest BCUT2D eigenvalue weighted by molar-refractivity contribution is -0.141. The zero-order valence-electron chi connectivity index (χ0n) is 23.8. The number of nitrogens with one attached hydrogen (secondary N) is 1. The Morgan fingerprint density at radius 1 is 1.08 bits per heavy atom. The monoisotopic (exact) mass is 527 g/mol. The summed E-state index contributed by atoms with van der Waals surface area (Å²) in [5, 5.41) is 2.52. The summed E-state index contributed by atoms with van der Waals surface area (Å²) in [6.07, 6.45) is 8.72. The second kappa shape index (κ2) is 9.31. The van der Waals surface area contributed by atoms with E-state index in [1.54, 1.807) is 0 Å². The van der Waals surface area contributed by atoms with Crippen molar-refractivity contribution in [3.8, 4) is 5.75 Å². The SMILES string of the molecule is C=C/C(C)=C/[C@]1(C)C=C(C)[C@H]2[C@@H]3C[C@H](C)C[C@H](C)[C@H]3[C@H]3Oc4ccc(cc4)C[C@@H]4C(=O)NC(=O)[C@H]4C(=O)[C@@H]1[C@@H]32. The van der Waals surface area contributed by atoms with Crippen LogP contribution in [0, 0.1) is 58.7 Å².